The van der Waals surface area contributed by atoms with E-state index in [4.69, 9.17) is 42.6 Å². The Morgan fingerprint density at radius 2 is 1.74 bits per heavy atom. The number of ether oxygens (including phenoxy) is 9. The van der Waals surface area contributed by atoms with Crippen LogP contribution in [0.1, 0.15) is 46.1 Å². The third kappa shape index (κ3) is 3.95. The molecule has 2 N–H and O–H groups in total. The minimum absolute atomic E-state index is 0.0364. The molecular formula is C39H46O14. The zero-order valence-corrected chi connectivity index (χ0v) is 30.5. The molecule has 0 radical (unpaired) electrons. The van der Waals surface area contributed by atoms with Crippen molar-refractivity contribution in [2.75, 3.05) is 27.4 Å². The second-order valence-electron chi connectivity index (χ2n) is 16.7. The number of rotatable bonds is 6. The van der Waals surface area contributed by atoms with E-state index in [2.05, 4.69) is 0 Å². The fraction of sp³-hybridized carbons (Fsp3) is 0.667. The summed E-state index contributed by atoms with van der Waals surface area (Å²) in [6, 6.07) is 9.27. The van der Waals surface area contributed by atoms with E-state index in [-0.39, 0.29) is 26.1 Å². The lowest BCUT2D eigenvalue weighted by molar-refractivity contribution is -0.318. The maximum atomic E-state index is 14.3. The lowest BCUT2D eigenvalue weighted by Gasteiger charge is -2.66. The van der Waals surface area contributed by atoms with Crippen molar-refractivity contribution < 1.29 is 67.2 Å². The molecule has 4 saturated heterocycles. The van der Waals surface area contributed by atoms with Gasteiger partial charge in [0.25, 0.3) is 5.79 Å². The predicted octanol–water partition coefficient (Wildman–Crippen LogP) is 2.05. The molecule has 2 bridgehead atoms. The van der Waals surface area contributed by atoms with Gasteiger partial charge in [-0.2, -0.15) is 0 Å². The molecular weight excluding hydrogens is 692 g/mol. The number of esters is 3. The molecule has 1 aromatic carbocycles. The molecule has 8 aliphatic rings. The van der Waals surface area contributed by atoms with Gasteiger partial charge in [-0.05, 0) is 31.1 Å². The van der Waals surface area contributed by atoms with E-state index >= 15 is 0 Å². The van der Waals surface area contributed by atoms with E-state index < -0.39 is 111 Å². The molecule has 3 aliphatic carbocycles. The van der Waals surface area contributed by atoms with E-state index in [9.17, 15) is 24.6 Å². The maximum absolute atomic E-state index is 14.3. The quantitative estimate of drug-likeness (QED) is 0.247. The van der Waals surface area contributed by atoms with Gasteiger partial charge in [0, 0.05) is 60.5 Å². The van der Waals surface area contributed by atoms with E-state index in [1.54, 1.807) is 13.0 Å². The fourth-order valence-corrected chi connectivity index (χ4v) is 12.9. The minimum Gasteiger partial charge on any atom is -0.469 e. The number of fused-ring (bicyclic) bond motifs is 11. The monoisotopic (exact) mass is 738 g/mol. The van der Waals surface area contributed by atoms with Crippen molar-refractivity contribution in [3.8, 4) is 0 Å². The lowest BCUT2D eigenvalue weighted by atomic mass is 9.37. The average molecular weight is 739 g/mol. The fourth-order valence-electron chi connectivity index (χ4n) is 12.9. The Bertz CT molecular complexity index is 1800. The molecule has 0 aromatic heterocycles. The third-order valence-electron chi connectivity index (χ3n) is 14.8. The highest BCUT2D eigenvalue weighted by molar-refractivity contribution is 5.87. The smallest absolute Gasteiger partial charge is 0.366 e. The molecule has 1 spiro atoms. The lowest BCUT2D eigenvalue weighted by Crippen LogP contribution is -2.78. The molecule has 3 saturated carbocycles. The van der Waals surface area contributed by atoms with Crippen LogP contribution in [0.4, 0.5) is 0 Å². The van der Waals surface area contributed by atoms with Crippen molar-refractivity contribution in [1.29, 1.82) is 0 Å². The van der Waals surface area contributed by atoms with Crippen LogP contribution >= 0.6 is 0 Å². The minimum atomic E-state index is -2.14. The molecule has 1 aromatic rings. The molecule has 16 atom stereocenters. The highest BCUT2D eigenvalue weighted by Crippen LogP contribution is 2.81. The van der Waals surface area contributed by atoms with Gasteiger partial charge in [0.15, 0.2) is 5.60 Å². The topological polar surface area (TPSA) is 175 Å². The van der Waals surface area contributed by atoms with Crippen LogP contribution in [-0.4, -0.2) is 115 Å². The third-order valence-corrected chi connectivity index (χ3v) is 14.8. The van der Waals surface area contributed by atoms with Crippen LogP contribution in [0.5, 0.6) is 0 Å². The number of methoxy groups -OCH3 is 2. The van der Waals surface area contributed by atoms with Crippen molar-refractivity contribution in [2.24, 2.45) is 34.0 Å². The van der Waals surface area contributed by atoms with Crippen LogP contribution < -0.4 is 0 Å². The molecule has 0 amide bonds. The Labute approximate surface area is 306 Å². The number of aliphatic hydroxyl groups is 2. The largest absolute Gasteiger partial charge is 0.469 e. The first-order valence-electron chi connectivity index (χ1n) is 18.2. The van der Waals surface area contributed by atoms with Gasteiger partial charge in [-0.25, -0.2) is 9.59 Å². The van der Waals surface area contributed by atoms with E-state index in [0.717, 1.165) is 5.56 Å². The molecule has 7 fully saturated rings. The summed E-state index contributed by atoms with van der Waals surface area (Å²) in [6.45, 7) is 6.82. The number of hydrogen-bond donors (Lipinski definition) is 2. The van der Waals surface area contributed by atoms with Gasteiger partial charge in [-0.1, -0.05) is 44.2 Å². The number of benzene rings is 1. The second kappa shape index (κ2) is 11.1. The summed E-state index contributed by atoms with van der Waals surface area (Å²) in [5.41, 5.74) is -8.02. The summed E-state index contributed by atoms with van der Waals surface area (Å²) in [7, 11) is 2.57. The SMILES string of the molecule is COC(=O)[C@@]1(OC)OC[C@@]23[C@@H](OC(=O)C=Cc4ccccc4)C[C@@H](OC(C)=O)[C@@]4(C)CO[C@@H]([C@H]5O[C@]6(C)[C@H]7C[C@H](O[C@@H]8OC=C[C@@]87O)[C@]6(O)[C@@]5(C)[C@H]12)[C@@H]43. The predicted molar refractivity (Wildman–Crippen MR) is 179 cm³/mol. The van der Waals surface area contributed by atoms with E-state index in [1.165, 1.54) is 39.6 Å². The Morgan fingerprint density at radius 1 is 0.981 bits per heavy atom. The Balaban J connectivity index is 1.26. The van der Waals surface area contributed by atoms with E-state index in [1.807, 2.05) is 44.2 Å². The summed E-state index contributed by atoms with van der Waals surface area (Å²) in [4.78, 5) is 40.8. The normalized spacial score (nSPS) is 52.2. The summed E-state index contributed by atoms with van der Waals surface area (Å²) in [6.07, 6.45) is 0.517. The van der Waals surface area contributed by atoms with Gasteiger partial charge in [-0.15, -0.1) is 0 Å². The highest BCUT2D eigenvalue weighted by atomic mass is 16.7. The molecule has 9 rings (SSSR count). The highest BCUT2D eigenvalue weighted by Gasteiger charge is 2.94. The zero-order valence-electron chi connectivity index (χ0n) is 30.5. The summed E-state index contributed by atoms with van der Waals surface area (Å²) in [5, 5.41) is 25.8. The van der Waals surface area contributed by atoms with Crippen LogP contribution in [0.2, 0.25) is 0 Å². The van der Waals surface area contributed by atoms with Gasteiger partial charge in [0.05, 0.1) is 44.9 Å². The van der Waals surface area contributed by atoms with Gasteiger partial charge in [0.1, 0.15) is 23.4 Å². The Hall–Kier alpha value is -3.37. The first kappa shape index (κ1) is 35.3. The molecule has 5 aliphatic heterocycles. The van der Waals surface area contributed by atoms with Crippen molar-refractivity contribution in [2.45, 2.75) is 99.9 Å². The Morgan fingerprint density at radius 3 is 2.43 bits per heavy atom. The second-order valence-corrected chi connectivity index (χ2v) is 16.7. The van der Waals surface area contributed by atoms with Crippen molar-refractivity contribution >= 4 is 24.0 Å². The first-order valence-corrected chi connectivity index (χ1v) is 18.2. The molecule has 14 nitrogen and oxygen atoms in total. The van der Waals surface area contributed by atoms with Crippen molar-refractivity contribution in [3.63, 3.8) is 0 Å². The van der Waals surface area contributed by atoms with Gasteiger partial charge < -0.3 is 52.8 Å². The van der Waals surface area contributed by atoms with Crippen LogP contribution in [-0.2, 0) is 57.0 Å². The van der Waals surface area contributed by atoms with Crippen LogP contribution in [0.15, 0.2) is 48.7 Å². The van der Waals surface area contributed by atoms with Crippen LogP contribution in [0, 0.1) is 34.0 Å². The van der Waals surface area contributed by atoms with Crippen LogP contribution in [0.3, 0.4) is 0 Å². The Kier molecular flexibility index (Phi) is 7.41. The molecule has 53 heavy (non-hydrogen) atoms. The van der Waals surface area contributed by atoms with Crippen molar-refractivity contribution in [3.05, 3.63) is 54.3 Å². The zero-order chi connectivity index (χ0) is 37.6. The maximum Gasteiger partial charge on any atom is 0.366 e. The van der Waals surface area contributed by atoms with E-state index in [0.29, 0.717) is 0 Å². The summed E-state index contributed by atoms with van der Waals surface area (Å²) < 4.78 is 56.8. The average Bonchev–Trinajstić information content (AvgIpc) is 3.89. The van der Waals surface area contributed by atoms with Gasteiger partial charge in [0.2, 0.25) is 6.29 Å². The number of carbonyl (C=O) groups is 3. The van der Waals surface area contributed by atoms with Crippen LogP contribution in [0.25, 0.3) is 6.08 Å². The van der Waals surface area contributed by atoms with Gasteiger partial charge in [-0.3, -0.25) is 4.79 Å². The molecule has 286 valence electrons. The molecule has 0 unspecified atom stereocenters. The summed E-state index contributed by atoms with van der Waals surface area (Å²) in [5.74, 6) is -6.65. The number of hydrogen-bond acceptors (Lipinski definition) is 14. The standard InChI is InChI=1S/C39H46O14/c1-20(40)50-23-17-24(51-26(41)13-12-21-10-8-7-9-11-21)36-19-49-38(46-6,31(42)45-5)30(36)34(3)29(27-28(36)33(23,2)18-48-27)53-35(4)22-16-25(39(34,35)44)52-32-37(22,43)14-15-47-32/h7-15,22-25,27-30,32,43-44H,16-19H2,1-6H3/t22-,23-,24+,25+,27-,28+,29-,30+,32+,33-,34-,35-,36+,37+,38+,39+/m1/s1. The first-order chi connectivity index (χ1) is 25.1. The van der Waals surface area contributed by atoms with Gasteiger partial charge >= 0.3 is 17.9 Å². The number of carbonyl (C=O) groups excluding carboxylic acids is 3. The van der Waals surface area contributed by atoms with Crippen molar-refractivity contribution in [1.82, 2.24) is 0 Å². The summed E-state index contributed by atoms with van der Waals surface area (Å²) >= 11 is 0. The molecule has 14 heteroatoms. The molecule has 5 heterocycles.